The summed E-state index contributed by atoms with van der Waals surface area (Å²) < 4.78 is 0. The number of unbranched alkanes of at least 4 members (excludes halogenated alkanes) is 1. The molecule has 0 unspecified atom stereocenters. The summed E-state index contributed by atoms with van der Waals surface area (Å²) >= 11 is 0. The Hall–Kier alpha value is -1.87. The van der Waals surface area contributed by atoms with E-state index in [1.54, 1.807) is 0 Å². The minimum Gasteiger partial charge on any atom is -0.368 e. The van der Waals surface area contributed by atoms with Crippen molar-refractivity contribution < 1.29 is 0 Å². The molecule has 1 fully saturated rings. The lowest BCUT2D eigenvalue weighted by Gasteiger charge is -2.38. The lowest BCUT2D eigenvalue weighted by atomic mass is 9.90. The molecule has 0 aromatic carbocycles. The summed E-state index contributed by atoms with van der Waals surface area (Å²) in [5.41, 5.74) is 9.47. The highest BCUT2D eigenvalue weighted by Crippen LogP contribution is 2.27. The van der Waals surface area contributed by atoms with Gasteiger partial charge in [0.25, 0.3) is 0 Å². The number of likely N-dealkylation sites (N-methyl/N-ethyl adjacent to an activating group) is 1. The zero-order chi connectivity index (χ0) is 23.5. The molecule has 3 heteroatoms. The van der Waals surface area contributed by atoms with Gasteiger partial charge in [-0.2, -0.15) is 0 Å². The number of hydrogen-bond donors (Lipinski definition) is 1. The van der Waals surface area contributed by atoms with Crippen LogP contribution in [0.2, 0.25) is 0 Å². The van der Waals surface area contributed by atoms with Crippen molar-refractivity contribution in [3.8, 4) is 0 Å². The largest absolute Gasteiger partial charge is 0.368 e. The SMILES string of the molecule is C=C(/C(=C/C)N=CC)N(CC)C1CCC(N)CC1.CC.CCCCC1=CC=CCC=C1. The first-order valence-corrected chi connectivity index (χ1v) is 12.5. The second kappa shape index (κ2) is 18.9. The average Bonchev–Trinajstić information content (AvgIpc) is 3.08. The van der Waals surface area contributed by atoms with Crippen LogP contribution < -0.4 is 5.73 Å². The molecule has 2 aliphatic rings. The molecule has 2 aliphatic carbocycles. The molecular weight excluding hydrogens is 378 g/mol. The fourth-order valence-electron chi connectivity index (χ4n) is 3.86. The van der Waals surface area contributed by atoms with Crippen LogP contribution in [0.3, 0.4) is 0 Å². The summed E-state index contributed by atoms with van der Waals surface area (Å²) in [6.45, 7) is 17.6. The standard InChI is InChI=1S/C15H27N3.C11H16.C2H6/c1-5-15(17-6-2)12(4)18(7-3)14-10-8-13(16)9-11-14;1-2-3-8-11-9-6-4-5-7-10-11;1-2/h5-6,13-14H,4,7-11,16H2,1-3H3;4,6-7,9-10H,2-3,5,8H2,1H3;1-2H3/b15-5-,17-6?;;. The van der Waals surface area contributed by atoms with Crippen LogP contribution in [0.15, 0.2) is 65.0 Å². The molecule has 0 bridgehead atoms. The van der Waals surface area contributed by atoms with Gasteiger partial charge >= 0.3 is 0 Å². The Bertz CT molecular complexity index is 614. The summed E-state index contributed by atoms with van der Waals surface area (Å²) in [6.07, 6.45) is 24.4. The first-order chi connectivity index (χ1) is 15.1. The highest BCUT2D eigenvalue weighted by atomic mass is 15.2. The monoisotopic (exact) mass is 427 g/mol. The quantitative estimate of drug-likeness (QED) is 0.318. The van der Waals surface area contributed by atoms with E-state index in [0.29, 0.717) is 12.1 Å². The van der Waals surface area contributed by atoms with Crippen molar-refractivity contribution in [3.63, 3.8) is 0 Å². The summed E-state index contributed by atoms with van der Waals surface area (Å²) in [4.78, 5) is 6.77. The van der Waals surface area contributed by atoms with Gasteiger partial charge in [-0.1, -0.05) is 70.2 Å². The van der Waals surface area contributed by atoms with E-state index in [2.05, 4.69) is 60.7 Å². The Labute approximate surface area is 193 Å². The van der Waals surface area contributed by atoms with Crippen LogP contribution in [-0.4, -0.2) is 29.7 Å². The predicted molar refractivity (Wildman–Crippen MR) is 142 cm³/mol. The molecule has 0 aromatic heterocycles. The van der Waals surface area contributed by atoms with Crippen molar-refractivity contribution in [1.29, 1.82) is 0 Å². The molecule has 0 atom stereocenters. The number of nitrogens with zero attached hydrogens (tertiary/aromatic N) is 2. The zero-order valence-electron chi connectivity index (χ0n) is 21.2. The van der Waals surface area contributed by atoms with E-state index in [4.69, 9.17) is 5.73 Å². The highest BCUT2D eigenvalue weighted by Gasteiger charge is 2.24. The van der Waals surface area contributed by atoms with Crippen molar-refractivity contribution in [2.75, 3.05) is 6.54 Å². The van der Waals surface area contributed by atoms with Gasteiger partial charge in [-0.05, 0) is 71.3 Å². The van der Waals surface area contributed by atoms with Crippen LogP contribution in [0, 0.1) is 0 Å². The third-order valence-electron chi connectivity index (χ3n) is 5.58. The maximum Gasteiger partial charge on any atom is 0.0810 e. The van der Waals surface area contributed by atoms with E-state index >= 15 is 0 Å². The van der Waals surface area contributed by atoms with Crippen molar-refractivity contribution in [1.82, 2.24) is 4.90 Å². The van der Waals surface area contributed by atoms with Gasteiger partial charge in [0.1, 0.15) is 0 Å². The Morgan fingerprint density at radius 3 is 2.39 bits per heavy atom. The van der Waals surface area contributed by atoms with Gasteiger partial charge < -0.3 is 10.6 Å². The molecule has 2 N–H and O–H groups in total. The van der Waals surface area contributed by atoms with Gasteiger partial charge in [-0.15, -0.1) is 0 Å². The minimum atomic E-state index is 0.392. The minimum absolute atomic E-state index is 0.392. The maximum absolute atomic E-state index is 5.97. The van der Waals surface area contributed by atoms with Crippen molar-refractivity contribution in [3.05, 3.63) is 60.0 Å². The van der Waals surface area contributed by atoms with Gasteiger partial charge in [-0.25, -0.2) is 0 Å². The number of allylic oxidation sites excluding steroid dienone is 7. The number of aliphatic imine (C=N–C) groups is 1. The predicted octanol–water partition coefficient (Wildman–Crippen LogP) is 7.73. The maximum atomic E-state index is 5.97. The molecule has 31 heavy (non-hydrogen) atoms. The first-order valence-electron chi connectivity index (χ1n) is 12.5. The molecule has 0 saturated heterocycles. The van der Waals surface area contributed by atoms with Crippen LogP contribution in [0.1, 0.15) is 92.9 Å². The topological polar surface area (TPSA) is 41.6 Å². The third kappa shape index (κ3) is 11.9. The van der Waals surface area contributed by atoms with Crippen LogP contribution in [0.5, 0.6) is 0 Å². The summed E-state index contributed by atoms with van der Waals surface area (Å²) in [6, 6.07) is 0.965. The summed E-state index contributed by atoms with van der Waals surface area (Å²) in [5.74, 6) is 0. The van der Waals surface area contributed by atoms with Crippen molar-refractivity contribution in [2.45, 2.75) is 105 Å². The number of rotatable bonds is 8. The van der Waals surface area contributed by atoms with Gasteiger partial charge in [0.05, 0.1) is 11.4 Å². The van der Waals surface area contributed by atoms with Crippen molar-refractivity contribution in [2.24, 2.45) is 10.7 Å². The van der Waals surface area contributed by atoms with Gasteiger partial charge in [0.2, 0.25) is 0 Å². The summed E-state index contributed by atoms with van der Waals surface area (Å²) in [5, 5.41) is 0. The molecular formula is C28H49N3. The molecule has 0 amide bonds. The first kappa shape index (κ1) is 29.1. The smallest absolute Gasteiger partial charge is 0.0810 e. The third-order valence-corrected chi connectivity index (χ3v) is 5.58. The van der Waals surface area contributed by atoms with Crippen molar-refractivity contribution >= 4 is 6.21 Å². The van der Waals surface area contributed by atoms with Crippen LogP contribution >= 0.6 is 0 Å². The Morgan fingerprint density at radius 2 is 1.84 bits per heavy atom. The fourth-order valence-corrected chi connectivity index (χ4v) is 3.86. The second-order valence-electron chi connectivity index (χ2n) is 7.77. The van der Waals surface area contributed by atoms with E-state index in [9.17, 15) is 0 Å². The molecule has 176 valence electrons. The Balaban J connectivity index is 0.000000591. The molecule has 0 aliphatic heterocycles. The molecule has 0 spiro atoms. The average molecular weight is 428 g/mol. The molecule has 1 saturated carbocycles. The van der Waals surface area contributed by atoms with Gasteiger partial charge in [0.15, 0.2) is 0 Å². The molecule has 0 heterocycles. The Morgan fingerprint density at radius 1 is 1.16 bits per heavy atom. The molecule has 2 rings (SSSR count). The van der Waals surface area contributed by atoms with E-state index in [0.717, 1.165) is 37.2 Å². The number of nitrogens with two attached hydrogens (primary N) is 1. The molecule has 0 aromatic rings. The van der Waals surface area contributed by atoms with Gasteiger partial charge in [0, 0.05) is 24.8 Å². The van der Waals surface area contributed by atoms with E-state index in [-0.39, 0.29) is 0 Å². The van der Waals surface area contributed by atoms with E-state index in [1.807, 2.05) is 40.0 Å². The summed E-state index contributed by atoms with van der Waals surface area (Å²) in [7, 11) is 0. The zero-order valence-corrected chi connectivity index (χ0v) is 21.2. The van der Waals surface area contributed by atoms with E-state index in [1.165, 1.54) is 37.7 Å². The number of hydrogen-bond acceptors (Lipinski definition) is 3. The van der Waals surface area contributed by atoms with E-state index < -0.39 is 0 Å². The lowest BCUT2D eigenvalue weighted by molar-refractivity contribution is 0.202. The van der Waals surface area contributed by atoms with Gasteiger partial charge in [-0.3, -0.25) is 4.99 Å². The highest BCUT2D eigenvalue weighted by molar-refractivity contribution is 5.56. The Kier molecular flexibility index (Phi) is 17.7. The second-order valence-corrected chi connectivity index (χ2v) is 7.77. The fraction of sp³-hybridized carbons (Fsp3) is 0.607. The molecule has 3 nitrogen and oxygen atoms in total. The van der Waals surface area contributed by atoms with Crippen LogP contribution in [0.4, 0.5) is 0 Å². The van der Waals surface area contributed by atoms with Crippen LogP contribution in [0.25, 0.3) is 0 Å². The molecule has 0 radical (unpaired) electrons. The lowest BCUT2D eigenvalue weighted by Crippen LogP contribution is -2.40. The normalized spacial score (nSPS) is 20.7. The van der Waals surface area contributed by atoms with Crippen LogP contribution in [-0.2, 0) is 0 Å².